The first-order valence-corrected chi connectivity index (χ1v) is 8.36. The fourth-order valence-electron chi connectivity index (χ4n) is 2.61. The number of hydrogen-bond donors (Lipinski definition) is 0. The topological polar surface area (TPSA) is 47.1 Å². The molecule has 0 aliphatic carbocycles. The Balaban J connectivity index is 0.000000847. The third kappa shape index (κ3) is 3.20. The summed E-state index contributed by atoms with van der Waals surface area (Å²) >= 11 is 6.56. The van der Waals surface area contributed by atoms with Crippen LogP contribution in [0.1, 0.15) is 45.4 Å². The highest BCUT2D eigenvalue weighted by Crippen LogP contribution is 2.33. The molecule has 2 aromatic rings. The maximum Gasteiger partial charge on any atom is 0.138 e. The summed E-state index contributed by atoms with van der Waals surface area (Å²) in [6, 6.07) is 0.504. The lowest BCUT2D eigenvalue weighted by molar-refractivity contribution is 0.216. The fraction of sp³-hybridized carbons (Fsp3) is 0.625. The van der Waals surface area contributed by atoms with Crippen molar-refractivity contribution in [3.8, 4) is 11.4 Å². The lowest BCUT2D eigenvalue weighted by Gasteiger charge is -2.23. The molecule has 0 radical (unpaired) electrons. The van der Waals surface area contributed by atoms with Gasteiger partial charge < -0.3 is 4.52 Å². The molecule has 0 aromatic carbocycles. The molecular weight excluding hydrogens is 300 g/mol. The molecule has 1 aliphatic rings. The Morgan fingerprint density at radius 2 is 1.95 bits per heavy atom. The third-order valence-electron chi connectivity index (χ3n) is 3.86. The predicted octanol–water partition coefficient (Wildman–Crippen LogP) is 4.14. The minimum Gasteiger partial charge on any atom is -0.364 e. The second kappa shape index (κ2) is 7.29. The number of hydrogen-bond acceptors (Lipinski definition) is 4. The van der Waals surface area contributed by atoms with E-state index in [0.717, 1.165) is 48.7 Å². The van der Waals surface area contributed by atoms with Crippen LogP contribution in [0, 0.1) is 6.92 Å². The van der Waals surface area contributed by atoms with Crippen molar-refractivity contribution in [2.45, 2.75) is 60.2 Å². The Morgan fingerprint density at radius 1 is 1.23 bits per heavy atom. The van der Waals surface area contributed by atoms with Crippen LogP contribution in [0.4, 0.5) is 0 Å². The van der Waals surface area contributed by atoms with Crippen molar-refractivity contribution >= 4 is 11.6 Å². The maximum absolute atomic E-state index is 6.56. The molecule has 0 atom stereocenters. The summed E-state index contributed by atoms with van der Waals surface area (Å²) in [4.78, 5) is 2.42. The van der Waals surface area contributed by atoms with Gasteiger partial charge >= 0.3 is 0 Å². The van der Waals surface area contributed by atoms with Crippen molar-refractivity contribution in [3.05, 3.63) is 22.5 Å². The molecule has 22 heavy (non-hydrogen) atoms. The van der Waals surface area contributed by atoms with Crippen LogP contribution < -0.4 is 0 Å². The Morgan fingerprint density at radius 3 is 2.55 bits per heavy atom. The molecule has 0 unspecified atom stereocenters. The van der Waals surface area contributed by atoms with Gasteiger partial charge in [0.25, 0.3) is 0 Å². The van der Waals surface area contributed by atoms with Gasteiger partial charge in [0.2, 0.25) is 0 Å². The standard InChI is InChI=1S/C14H19ClN4O.C2H6/c1-9(2)18-5-4-6-19-11(7-18)12(15)14(16-19)13-10(3)8-20-17-13;1-2/h8-9H,4-7H2,1-3H3;1-2H3. The minimum atomic E-state index is 0.504. The van der Waals surface area contributed by atoms with Gasteiger partial charge in [-0.2, -0.15) is 5.10 Å². The molecule has 0 fully saturated rings. The monoisotopic (exact) mass is 324 g/mol. The Hall–Kier alpha value is -1.33. The van der Waals surface area contributed by atoms with E-state index < -0.39 is 0 Å². The first-order valence-electron chi connectivity index (χ1n) is 7.98. The molecular formula is C16H25ClN4O. The molecule has 0 saturated heterocycles. The van der Waals surface area contributed by atoms with E-state index in [1.807, 2.05) is 25.5 Å². The third-order valence-corrected chi connectivity index (χ3v) is 4.26. The fourth-order valence-corrected chi connectivity index (χ4v) is 2.90. The van der Waals surface area contributed by atoms with Gasteiger partial charge in [0.15, 0.2) is 0 Å². The zero-order valence-corrected chi connectivity index (χ0v) is 14.8. The average Bonchev–Trinajstić information content (AvgIpc) is 2.97. The highest BCUT2D eigenvalue weighted by molar-refractivity contribution is 6.33. The van der Waals surface area contributed by atoms with Crippen LogP contribution in [0.5, 0.6) is 0 Å². The smallest absolute Gasteiger partial charge is 0.138 e. The molecule has 0 N–H and O–H groups in total. The van der Waals surface area contributed by atoms with Gasteiger partial charge in [-0.3, -0.25) is 9.58 Å². The molecule has 6 heteroatoms. The molecule has 3 rings (SSSR count). The second-order valence-electron chi connectivity index (χ2n) is 5.60. The largest absolute Gasteiger partial charge is 0.364 e. The van der Waals surface area contributed by atoms with Gasteiger partial charge in [-0.1, -0.05) is 30.6 Å². The number of halogens is 1. The zero-order chi connectivity index (χ0) is 16.3. The van der Waals surface area contributed by atoms with Gasteiger partial charge in [0.05, 0.1) is 10.7 Å². The highest BCUT2D eigenvalue weighted by atomic mass is 35.5. The van der Waals surface area contributed by atoms with Gasteiger partial charge in [-0.05, 0) is 27.2 Å². The SMILES string of the molecule is CC.Cc1conc1-c1nn2c(c1Cl)CN(C(C)C)CCC2. The normalized spacial score (nSPS) is 15.2. The molecule has 0 bridgehead atoms. The van der Waals surface area contributed by atoms with Gasteiger partial charge in [-0.15, -0.1) is 0 Å². The van der Waals surface area contributed by atoms with E-state index in [0.29, 0.717) is 11.1 Å². The minimum absolute atomic E-state index is 0.504. The van der Waals surface area contributed by atoms with E-state index in [4.69, 9.17) is 16.1 Å². The second-order valence-corrected chi connectivity index (χ2v) is 5.97. The predicted molar refractivity (Wildman–Crippen MR) is 89.0 cm³/mol. The van der Waals surface area contributed by atoms with Crippen LogP contribution in [0.15, 0.2) is 10.8 Å². The van der Waals surface area contributed by atoms with Crippen LogP contribution >= 0.6 is 11.6 Å². The highest BCUT2D eigenvalue weighted by Gasteiger charge is 2.25. The van der Waals surface area contributed by atoms with Gasteiger partial charge in [0.1, 0.15) is 17.7 Å². The number of nitrogens with zero attached hydrogens (tertiary/aromatic N) is 4. The molecule has 122 valence electrons. The zero-order valence-electron chi connectivity index (χ0n) is 14.1. The van der Waals surface area contributed by atoms with Crippen LogP contribution in [0.3, 0.4) is 0 Å². The van der Waals surface area contributed by atoms with Crippen molar-refractivity contribution in [2.24, 2.45) is 0 Å². The summed E-state index contributed by atoms with van der Waals surface area (Å²) in [7, 11) is 0. The van der Waals surface area contributed by atoms with Crippen molar-refractivity contribution in [1.29, 1.82) is 0 Å². The molecule has 2 aromatic heterocycles. The summed E-state index contributed by atoms with van der Waals surface area (Å²) in [5, 5.41) is 9.37. The molecule has 0 amide bonds. The average molecular weight is 325 g/mol. The van der Waals surface area contributed by atoms with Crippen molar-refractivity contribution in [2.75, 3.05) is 6.54 Å². The summed E-state index contributed by atoms with van der Waals surface area (Å²) < 4.78 is 7.02. The van der Waals surface area contributed by atoms with Gasteiger partial charge in [-0.25, -0.2) is 0 Å². The van der Waals surface area contributed by atoms with Gasteiger partial charge in [0, 0.05) is 31.2 Å². The van der Waals surface area contributed by atoms with E-state index in [-0.39, 0.29) is 0 Å². The van der Waals surface area contributed by atoms with E-state index in [1.165, 1.54) is 0 Å². The van der Waals surface area contributed by atoms with Crippen molar-refractivity contribution in [1.82, 2.24) is 19.8 Å². The maximum atomic E-state index is 6.56. The summed E-state index contributed by atoms with van der Waals surface area (Å²) in [5.74, 6) is 0. The van der Waals surface area contributed by atoms with E-state index >= 15 is 0 Å². The Kier molecular flexibility index (Phi) is 5.64. The van der Waals surface area contributed by atoms with E-state index in [9.17, 15) is 0 Å². The number of aromatic nitrogens is 3. The number of rotatable bonds is 2. The van der Waals surface area contributed by atoms with Crippen LogP contribution in [-0.4, -0.2) is 32.4 Å². The van der Waals surface area contributed by atoms with E-state index in [2.05, 4.69) is 29.0 Å². The molecule has 0 spiro atoms. The summed E-state index contributed by atoms with van der Waals surface area (Å²) in [5.41, 5.74) is 3.52. The first kappa shape index (κ1) is 17.0. The molecule has 3 heterocycles. The number of fused-ring (bicyclic) bond motifs is 1. The molecule has 1 aliphatic heterocycles. The quantitative estimate of drug-likeness (QED) is 0.833. The van der Waals surface area contributed by atoms with Crippen LogP contribution in [-0.2, 0) is 13.1 Å². The van der Waals surface area contributed by atoms with Crippen molar-refractivity contribution in [3.63, 3.8) is 0 Å². The molecule has 0 saturated carbocycles. The summed E-state index contributed by atoms with van der Waals surface area (Å²) in [6.45, 7) is 13.2. The number of aryl methyl sites for hydroxylation is 2. The van der Waals surface area contributed by atoms with Crippen LogP contribution in [0.2, 0.25) is 5.02 Å². The van der Waals surface area contributed by atoms with Crippen molar-refractivity contribution < 1.29 is 4.52 Å². The lowest BCUT2D eigenvalue weighted by Crippen LogP contribution is -2.30. The first-order chi connectivity index (χ1) is 10.6. The van der Waals surface area contributed by atoms with E-state index in [1.54, 1.807) is 6.26 Å². The summed E-state index contributed by atoms with van der Waals surface area (Å²) in [6.07, 6.45) is 2.71. The lowest BCUT2D eigenvalue weighted by atomic mass is 10.2. The van der Waals surface area contributed by atoms with Crippen LogP contribution in [0.25, 0.3) is 11.4 Å². The molecule has 5 nitrogen and oxygen atoms in total. The Bertz CT molecular complexity index is 618. The Labute approximate surface area is 137 Å².